The lowest BCUT2D eigenvalue weighted by molar-refractivity contribution is -0.123. The van der Waals surface area contributed by atoms with Crippen molar-refractivity contribution >= 4 is 54.4 Å². The zero-order chi connectivity index (χ0) is 17.8. The summed E-state index contributed by atoms with van der Waals surface area (Å²) in [6.07, 6.45) is 1.62. The summed E-state index contributed by atoms with van der Waals surface area (Å²) in [6, 6.07) is 13.1. The van der Waals surface area contributed by atoms with E-state index >= 15 is 0 Å². The highest BCUT2D eigenvalue weighted by molar-refractivity contribution is 9.10. The molecule has 0 bridgehead atoms. The van der Waals surface area contributed by atoms with Gasteiger partial charge in [-0.3, -0.25) is 20.4 Å². The molecule has 0 spiro atoms. The van der Waals surface area contributed by atoms with Crippen molar-refractivity contribution in [1.82, 2.24) is 15.8 Å². The Kier molecular flexibility index (Phi) is 5.40. The number of carbonyl (C=O) groups is 2. The topological polar surface area (TPSA) is 83.2 Å². The van der Waals surface area contributed by atoms with Crippen LogP contribution in [-0.4, -0.2) is 23.4 Å². The molecule has 2 amide bonds. The number of hydrogen-bond donors (Lipinski definition) is 3. The molecule has 1 heterocycles. The molecule has 0 unspecified atom stereocenters. The van der Waals surface area contributed by atoms with Crippen LogP contribution < -0.4 is 15.6 Å². The molecule has 0 saturated heterocycles. The van der Waals surface area contributed by atoms with Gasteiger partial charge in [-0.15, -0.1) is 0 Å². The highest BCUT2D eigenvalue weighted by Crippen LogP contribution is 2.24. The molecule has 0 aliphatic heterocycles. The van der Waals surface area contributed by atoms with Crippen LogP contribution in [0.1, 0.15) is 10.5 Å². The van der Waals surface area contributed by atoms with Crippen molar-refractivity contribution in [2.45, 2.75) is 0 Å². The van der Waals surface area contributed by atoms with Gasteiger partial charge in [-0.2, -0.15) is 0 Å². The van der Waals surface area contributed by atoms with Crippen LogP contribution in [0.15, 0.2) is 57.6 Å². The standard InChI is InChI=1S/C17H13Br2N3O3/c18-12-3-1-11-6-14(4-2-10(11)5-12)25-9-16(23)21-22-17(24)15-7-13(19)8-20-15/h1-8,20H,9H2,(H,21,23)(H,22,24). The summed E-state index contributed by atoms with van der Waals surface area (Å²) in [4.78, 5) is 26.3. The third-order valence-electron chi connectivity index (χ3n) is 3.35. The first-order valence-electron chi connectivity index (χ1n) is 7.26. The highest BCUT2D eigenvalue weighted by atomic mass is 79.9. The Bertz CT molecular complexity index is 940. The molecule has 2 aromatic carbocycles. The number of carbonyl (C=O) groups excluding carboxylic acids is 2. The molecule has 8 heteroatoms. The summed E-state index contributed by atoms with van der Waals surface area (Å²) in [5.74, 6) is -0.338. The van der Waals surface area contributed by atoms with Crippen molar-refractivity contribution in [2.75, 3.05) is 6.61 Å². The van der Waals surface area contributed by atoms with Crippen molar-refractivity contribution in [3.63, 3.8) is 0 Å². The van der Waals surface area contributed by atoms with Crippen LogP contribution in [0, 0.1) is 0 Å². The van der Waals surface area contributed by atoms with Gasteiger partial charge in [-0.05, 0) is 57.0 Å². The number of nitrogens with one attached hydrogen (secondary N) is 3. The van der Waals surface area contributed by atoms with Gasteiger partial charge in [0.05, 0.1) is 0 Å². The molecule has 0 aliphatic rings. The summed E-state index contributed by atoms with van der Waals surface area (Å²) in [6.45, 7) is -0.212. The first-order valence-corrected chi connectivity index (χ1v) is 8.85. The predicted molar refractivity (Wildman–Crippen MR) is 101 cm³/mol. The molecule has 0 atom stereocenters. The fraction of sp³-hybridized carbons (Fsp3) is 0.0588. The SMILES string of the molecule is O=C(COc1ccc2cc(Br)ccc2c1)NNC(=O)c1cc(Br)c[nH]1. The largest absolute Gasteiger partial charge is 0.484 e. The van der Waals surface area contributed by atoms with Crippen molar-refractivity contribution in [2.24, 2.45) is 0 Å². The molecule has 0 aliphatic carbocycles. The summed E-state index contributed by atoms with van der Waals surface area (Å²) >= 11 is 6.66. The maximum absolute atomic E-state index is 11.8. The summed E-state index contributed by atoms with van der Waals surface area (Å²) in [5.41, 5.74) is 4.94. The number of amides is 2. The van der Waals surface area contributed by atoms with Gasteiger partial charge in [0.15, 0.2) is 6.61 Å². The minimum atomic E-state index is -0.463. The van der Waals surface area contributed by atoms with Crippen LogP contribution in [0.25, 0.3) is 10.8 Å². The van der Waals surface area contributed by atoms with Crippen molar-refractivity contribution in [3.8, 4) is 5.75 Å². The fourth-order valence-electron chi connectivity index (χ4n) is 2.16. The van der Waals surface area contributed by atoms with Crippen LogP contribution >= 0.6 is 31.9 Å². The van der Waals surface area contributed by atoms with E-state index in [1.165, 1.54) is 0 Å². The number of aromatic amines is 1. The lowest BCUT2D eigenvalue weighted by Gasteiger charge is -2.09. The zero-order valence-electron chi connectivity index (χ0n) is 12.8. The van der Waals surface area contributed by atoms with E-state index in [1.807, 2.05) is 30.3 Å². The molecular weight excluding hydrogens is 454 g/mol. The van der Waals surface area contributed by atoms with Crippen molar-refractivity contribution in [1.29, 1.82) is 0 Å². The Labute approximate surface area is 160 Å². The second-order valence-electron chi connectivity index (χ2n) is 5.18. The van der Waals surface area contributed by atoms with Crippen LogP contribution in [0.5, 0.6) is 5.75 Å². The predicted octanol–water partition coefficient (Wildman–Crippen LogP) is 3.53. The maximum Gasteiger partial charge on any atom is 0.286 e. The Morgan fingerprint density at radius 1 is 0.960 bits per heavy atom. The smallest absolute Gasteiger partial charge is 0.286 e. The second kappa shape index (κ2) is 7.71. The number of halogens is 2. The van der Waals surface area contributed by atoms with Gasteiger partial charge in [0, 0.05) is 15.1 Å². The van der Waals surface area contributed by atoms with E-state index in [2.05, 4.69) is 47.7 Å². The number of fused-ring (bicyclic) bond motifs is 1. The van der Waals surface area contributed by atoms with E-state index in [-0.39, 0.29) is 6.61 Å². The normalized spacial score (nSPS) is 10.5. The molecule has 0 radical (unpaired) electrons. The minimum Gasteiger partial charge on any atom is -0.484 e. The van der Waals surface area contributed by atoms with E-state index in [4.69, 9.17) is 4.74 Å². The molecule has 128 valence electrons. The van der Waals surface area contributed by atoms with Gasteiger partial charge in [-0.1, -0.05) is 28.1 Å². The highest BCUT2D eigenvalue weighted by Gasteiger charge is 2.09. The number of rotatable bonds is 4. The van der Waals surface area contributed by atoms with E-state index in [9.17, 15) is 9.59 Å². The summed E-state index contributed by atoms with van der Waals surface area (Å²) in [7, 11) is 0. The lowest BCUT2D eigenvalue weighted by atomic mass is 10.1. The van der Waals surface area contributed by atoms with E-state index < -0.39 is 11.8 Å². The van der Waals surface area contributed by atoms with Crippen molar-refractivity contribution in [3.05, 3.63) is 63.3 Å². The molecule has 25 heavy (non-hydrogen) atoms. The molecular formula is C17H13Br2N3O3. The summed E-state index contributed by atoms with van der Waals surface area (Å²) in [5, 5.41) is 2.07. The van der Waals surface area contributed by atoms with E-state index in [0.29, 0.717) is 11.4 Å². The second-order valence-corrected chi connectivity index (χ2v) is 7.01. The Morgan fingerprint density at radius 2 is 1.72 bits per heavy atom. The quantitative estimate of drug-likeness (QED) is 0.514. The van der Waals surface area contributed by atoms with Crippen molar-refractivity contribution < 1.29 is 14.3 Å². The van der Waals surface area contributed by atoms with Crippen LogP contribution in [0.3, 0.4) is 0 Å². The van der Waals surface area contributed by atoms with Gasteiger partial charge >= 0.3 is 0 Å². The third-order valence-corrected chi connectivity index (χ3v) is 4.30. The summed E-state index contributed by atoms with van der Waals surface area (Å²) < 4.78 is 7.20. The first-order chi connectivity index (χ1) is 12.0. The minimum absolute atomic E-state index is 0.212. The van der Waals surface area contributed by atoms with E-state index in [1.54, 1.807) is 18.3 Å². The van der Waals surface area contributed by atoms with Crippen LogP contribution in [-0.2, 0) is 4.79 Å². The molecule has 3 aromatic rings. The number of aromatic nitrogens is 1. The third kappa shape index (κ3) is 4.61. The molecule has 1 aromatic heterocycles. The monoisotopic (exact) mass is 465 g/mol. The van der Waals surface area contributed by atoms with Gasteiger partial charge in [-0.25, -0.2) is 0 Å². The van der Waals surface area contributed by atoms with Gasteiger partial charge < -0.3 is 9.72 Å². The van der Waals surface area contributed by atoms with Gasteiger partial charge in [0.1, 0.15) is 11.4 Å². The Hall–Kier alpha value is -2.32. The van der Waals surface area contributed by atoms with Crippen LogP contribution in [0.2, 0.25) is 0 Å². The average Bonchev–Trinajstić information content (AvgIpc) is 3.04. The lowest BCUT2D eigenvalue weighted by Crippen LogP contribution is -2.43. The first kappa shape index (κ1) is 17.5. The van der Waals surface area contributed by atoms with Gasteiger partial charge in [0.2, 0.25) is 0 Å². The molecule has 0 saturated carbocycles. The van der Waals surface area contributed by atoms with Gasteiger partial charge in [0.25, 0.3) is 11.8 Å². The Morgan fingerprint density at radius 3 is 2.48 bits per heavy atom. The number of benzene rings is 2. The number of ether oxygens (including phenoxy) is 1. The van der Waals surface area contributed by atoms with E-state index in [0.717, 1.165) is 19.7 Å². The number of hydrogen-bond acceptors (Lipinski definition) is 3. The van der Waals surface area contributed by atoms with Crippen LogP contribution in [0.4, 0.5) is 0 Å². The molecule has 0 fully saturated rings. The number of H-pyrrole nitrogens is 1. The zero-order valence-corrected chi connectivity index (χ0v) is 16.0. The Balaban J connectivity index is 1.52. The molecule has 6 nitrogen and oxygen atoms in total. The maximum atomic E-state index is 11.8. The number of hydrazine groups is 1. The average molecular weight is 467 g/mol. The molecule has 3 rings (SSSR count). The molecule has 3 N–H and O–H groups in total. The fourth-order valence-corrected chi connectivity index (χ4v) is 2.88.